The van der Waals surface area contributed by atoms with Crippen LogP contribution in [0, 0.1) is 5.82 Å². The highest BCUT2D eigenvalue weighted by molar-refractivity contribution is 5.83. The Labute approximate surface area is 142 Å². The van der Waals surface area contributed by atoms with Crippen molar-refractivity contribution in [3.05, 3.63) is 59.9 Å². The fourth-order valence-corrected chi connectivity index (χ4v) is 1.68. The minimum Gasteiger partial charge on any atom is -0.546 e. The van der Waals surface area contributed by atoms with Gasteiger partial charge in [-0.05, 0) is 54.1 Å². The summed E-state index contributed by atoms with van der Waals surface area (Å²) in [6.45, 7) is -0.795. The highest BCUT2D eigenvalue weighted by Crippen LogP contribution is 2.11. The van der Waals surface area contributed by atoms with Gasteiger partial charge in [0.2, 0.25) is 0 Å². The van der Waals surface area contributed by atoms with Crippen LogP contribution in [-0.4, -0.2) is 31.3 Å². The van der Waals surface area contributed by atoms with E-state index in [0.717, 1.165) is 0 Å². The first-order valence-electron chi connectivity index (χ1n) is 7.16. The highest BCUT2D eigenvalue weighted by atomic mass is 19.1. The Hall–Kier alpha value is -3.42. The van der Waals surface area contributed by atoms with Crippen LogP contribution < -0.4 is 20.0 Å². The quantitative estimate of drug-likeness (QED) is 0.554. The number of carboxylic acids is 1. The number of nitrogens with one attached hydrogen (secondary N) is 1. The van der Waals surface area contributed by atoms with Gasteiger partial charge in [0.1, 0.15) is 23.9 Å². The van der Waals surface area contributed by atoms with Crippen molar-refractivity contribution in [1.29, 1.82) is 0 Å². The molecule has 7 nitrogen and oxygen atoms in total. The molecule has 1 amide bonds. The molecule has 0 heterocycles. The Morgan fingerprint density at radius 3 is 2.16 bits per heavy atom. The second-order valence-corrected chi connectivity index (χ2v) is 4.77. The summed E-state index contributed by atoms with van der Waals surface area (Å²) in [6, 6.07) is 11.7. The molecule has 2 aromatic rings. The zero-order valence-corrected chi connectivity index (χ0v) is 13.0. The second-order valence-electron chi connectivity index (χ2n) is 4.77. The summed E-state index contributed by atoms with van der Waals surface area (Å²) in [5, 5.41) is 14.0. The molecule has 0 saturated carbocycles. The lowest BCUT2D eigenvalue weighted by Gasteiger charge is -2.06. The predicted octanol–water partition coefficient (Wildman–Crippen LogP) is 0.483. The molecule has 130 valence electrons. The molecule has 1 N–H and O–H groups in total. The third-order valence-corrected chi connectivity index (χ3v) is 2.82. The Morgan fingerprint density at radius 2 is 1.56 bits per heavy atom. The zero-order chi connectivity index (χ0) is 18.1. The number of carbonyl (C=O) groups is 2. The van der Waals surface area contributed by atoms with Crippen LogP contribution in [0.1, 0.15) is 5.56 Å². The molecule has 2 rings (SSSR count). The molecule has 25 heavy (non-hydrogen) atoms. The highest BCUT2D eigenvalue weighted by Gasteiger charge is 2.01. The van der Waals surface area contributed by atoms with Gasteiger partial charge < -0.3 is 19.4 Å². The molecule has 0 atom stereocenters. The van der Waals surface area contributed by atoms with E-state index in [4.69, 9.17) is 9.47 Å². The zero-order valence-electron chi connectivity index (χ0n) is 13.0. The number of hydrazone groups is 1. The van der Waals surface area contributed by atoms with Crippen molar-refractivity contribution in [3.63, 3.8) is 0 Å². The summed E-state index contributed by atoms with van der Waals surface area (Å²) < 4.78 is 22.8. The van der Waals surface area contributed by atoms with Gasteiger partial charge in [0, 0.05) is 0 Å². The summed E-state index contributed by atoms with van der Waals surface area (Å²) in [5.74, 6) is -1.44. The lowest BCUT2D eigenvalue weighted by molar-refractivity contribution is -0.307. The van der Waals surface area contributed by atoms with Gasteiger partial charge in [-0.1, -0.05) is 0 Å². The Bertz CT molecular complexity index is 745. The number of amides is 1. The summed E-state index contributed by atoms with van der Waals surface area (Å²) >= 11 is 0. The number of ether oxygens (including phenoxy) is 2. The first-order chi connectivity index (χ1) is 12.0. The van der Waals surface area contributed by atoms with E-state index in [1.165, 1.54) is 30.5 Å². The standard InChI is InChI=1S/C17H15FN2O5/c18-13-3-7-15(8-4-13)24-10-16(21)20-19-9-12-1-5-14(6-2-12)25-11-17(22)23/h1-9H,10-11H2,(H,20,21)(H,22,23)/p-1/b19-9-. The van der Waals surface area contributed by atoms with Gasteiger partial charge in [-0.25, -0.2) is 9.82 Å². The lowest BCUT2D eigenvalue weighted by Crippen LogP contribution is -2.28. The molecule has 0 bridgehead atoms. The first kappa shape index (κ1) is 17.9. The van der Waals surface area contributed by atoms with E-state index in [9.17, 15) is 19.1 Å². The van der Waals surface area contributed by atoms with Gasteiger partial charge in [-0.3, -0.25) is 4.79 Å². The molecule has 0 unspecified atom stereocenters. The minimum atomic E-state index is -1.31. The lowest BCUT2D eigenvalue weighted by atomic mass is 10.2. The van der Waals surface area contributed by atoms with E-state index >= 15 is 0 Å². The fourth-order valence-electron chi connectivity index (χ4n) is 1.68. The number of nitrogens with zero attached hydrogens (tertiary/aromatic N) is 1. The topological polar surface area (TPSA) is 100 Å². The number of aliphatic carboxylic acids is 1. The third-order valence-electron chi connectivity index (χ3n) is 2.82. The maximum atomic E-state index is 12.7. The molecule has 0 aliphatic heterocycles. The second kappa shape index (κ2) is 9.02. The van der Waals surface area contributed by atoms with Crippen LogP contribution in [0.5, 0.6) is 11.5 Å². The average Bonchev–Trinajstić information content (AvgIpc) is 2.60. The minimum absolute atomic E-state index is 0.265. The number of halogens is 1. The van der Waals surface area contributed by atoms with Crippen LogP contribution in [0.15, 0.2) is 53.6 Å². The molecule has 2 aromatic carbocycles. The number of hydrogen-bond donors (Lipinski definition) is 1. The molecule has 0 radical (unpaired) electrons. The summed E-state index contributed by atoms with van der Waals surface area (Å²) in [5.41, 5.74) is 2.95. The van der Waals surface area contributed by atoms with Gasteiger partial charge in [0.15, 0.2) is 6.61 Å². The van der Waals surface area contributed by atoms with Crippen molar-refractivity contribution in [2.45, 2.75) is 0 Å². The van der Waals surface area contributed by atoms with Gasteiger partial charge in [-0.2, -0.15) is 5.10 Å². The third kappa shape index (κ3) is 6.69. The van der Waals surface area contributed by atoms with E-state index in [1.807, 2.05) is 0 Å². The van der Waals surface area contributed by atoms with Gasteiger partial charge in [0.25, 0.3) is 5.91 Å². The maximum absolute atomic E-state index is 12.7. The van der Waals surface area contributed by atoms with Crippen molar-refractivity contribution in [2.24, 2.45) is 5.10 Å². The van der Waals surface area contributed by atoms with Crippen LogP contribution >= 0.6 is 0 Å². The Kier molecular flexibility index (Phi) is 6.47. The molecule has 0 aliphatic carbocycles. The van der Waals surface area contributed by atoms with Gasteiger partial charge in [-0.15, -0.1) is 0 Å². The number of benzene rings is 2. The van der Waals surface area contributed by atoms with Crippen LogP contribution in [0.25, 0.3) is 0 Å². The normalized spacial score (nSPS) is 10.4. The van der Waals surface area contributed by atoms with Gasteiger partial charge in [0.05, 0.1) is 12.2 Å². The van der Waals surface area contributed by atoms with Crippen molar-refractivity contribution in [3.8, 4) is 11.5 Å². The molecule has 8 heteroatoms. The van der Waals surface area contributed by atoms with Crippen LogP contribution in [-0.2, 0) is 9.59 Å². The van der Waals surface area contributed by atoms with Crippen LogP contribution in [0.3, 0.4) is 0 Å². The fraction of sp³-hybridized carbons (Fsp3) is 0.118. The Morgan fingerprint density at radius 1 is 1.00 bits per heavy atom. The van der Waals surface area contributed by atoms with E-state index < -0.39 is 24.3 Å². The van der Waals surface area contributed by atoms with Crippen molar-refractivity contribution in [2.75, 3.05) is 13.2 Å². The average molecular weight is 345 g/mol. The first-order valence-corrected chi connectivity index (χ1v) is 7.16. The van der Waals surface area contributed by atoms with Crippen LogP contribution in [0.4, 0.5) is 4.39 Å². The molecular weight excluding hydrogens is 331 g/mol. The number of carbonyl (C=O) groups excluding carboxylic acids is 2. The predicted molar refractivity (Wildman–Crippen MR) is 84.6 cm³/mol. The number of carboxylic acid groups (broad SMARTS) is 1. The van der Waals surface area contributed by atoms with E-state index in [0.29, 0.717) is 17.1 Å². The summed E-state index contributed by atoms with van der Waals surface area (Å²) in [4.78, 5) is 21.9. The van der Waals surface area contributed by atoms with Crippen LogP contribution in [0.2, 0.25) is 0 Å². The summed E-state index contributed by atoms with van der Waals surface area (Å²) in [6.07, 6.45) is 1.40. The van der Waals surface area contributed by atoms with E-state index in [-0.39, 0.29) is 6.61 Å². The molecule has 0 aromatic heterocycles. The molecule has 0 spiro atoms. The van der Waals surface area contributed by atoms with Gasteiger partial charge >= 0.3 is 0 Å². The monoisotopic (exact) mass is 345 g/mol. The van der Waals surface area contributed by atoms with E-state index in [2.05, 4.69) is 10.5 Å². The molecule has 0 fully saturated rings. The number of hydrogen-bond acceptors (Lipinski definition) is 6. The summed E-state index contributed by atoms with van der Waals surface area (Å²) in [7, 11) is 0. The molecular formula is C17H14FN2O5-. The SMILES string of the molecule is O=C([O-])COc1ccc(/C=N\NC(=O)COc2ccc(F)cc2)cc1. The Balaban J connectivity index is 1.74. The van der Waals surface area contributed by atoms with E-state index in [1.54, 1.807) is 24.3 Å². The largest absolute Gasteiger partial charge is 0.546 e. The smallest absolute Gasteiger partial charge is 0.277 e. The maximum Gasteiger partial charge on any atom is 0.277 e. The molecule has 0 saturated heterocycles. The molecule has 0 aliphatic rings. The number of rotatable bonds is 8. The van der Waals surface area contributed by atoms with Crippen molar-refractivity contribution in [1.82, 2.24) is 5.43 Å². The van der Waals surface area contributed by atoms with Crippen molar-refractivity contribution < 1.29 is 28.6 Å². The van der Waals surface area contributed by atoms with Crippen molar-refractivity contribution >= 4 is 18.1 Å².